The Hall–Kier alpha value is -4.09. The second-order valence-corrected chi connectivity index (χ2v) is 9.10. The molecule has 2 fully saturated rings. The number of cyclic esters (lactones) is 1. The zero-order valence-corrected chi connectivity index (χ0v) is 21.0. The first kappa shape index (κ1) is 27.0. The van der Waals surface area contributed by atoms with E-state index in [0.717, 1.165) is 17.0 Å². The molecule has 0 aliphatic carbocycles. The number of nitrogens with zero attached hydrogens (tertiary/aromatic N) is 4. The van der Waals surface area contributed by atoms with Gasteiger partial charge in [0, 0.05) is 63.5 Å². The molecule has 2 aromatic rings. The first-order chi connectivity index (χ1) is 18.3. The van der Waals surface area contributed by atoms with Gasteiger partial charge < -0.3 is 19.9 Å². The molecule has 3 amide bonds. The molecule has 1 aromatic heterocycles. The Labute approximate surface area is 218 Å². The van der Waals surface area contributed by atoms with Crippen LogP contribution < -0.4 is 15.1 Å². The summed E-state index contributed by atoms with van der Waals surface area (Å²) in [6, 6.07) is 5.38. The minimum Gasteiger partial charge on any atom is -0.444 e. The Balaban J connectivity index is 1.32. The van der Waals surface area contributed by atoms with Crippen molar-refractivity contribution < 1.29 is 32.7 Å². The molecule has 12 heteroatoms. The average molecular weight is 530 g/mol. The predicted molar refractivity (Wildman–Crippen MR) is 134 cm³/mol. The normalized spacial score (nSPS) is 17.4. The third-order valence-electron chi connectivity index (χ3n) is 6.60. The summed E-state index contributed by atoms with van der Waals surface area (Å²) in [4.78, 5) is 56.5. The topological polar surface area (TPSA) is 112 Å². The molecule has 0 radical (unpaired) electrons. The van der Waals surface area contributed by atoms with Crippen LogP contribution in [0.1, 0.15) is 36.5 Å². The minimum absolute atomic E-state index is 0.0382. The maximum Gasteiger partial charge on any atom is 0.414 e. The minimum atomic E-state index is -0.832. The highest BCUT2D eigenvalue weighted by molar-refractivity contribution is 5.96. The van der Waals surface area contributed by atoms with Gasteiger partial charge in [0.25, 0.3) is 5.91 Å². The van der Waals surface area contributed by atoms with E-state index in [1.807, 2.05) is 0 Å². The summed E-state index contributed by atoms with van der Waals surface area (Å²) < 4.78 is 35.4. The third kappa shape index (κ3) is 6.24. The molecule has 2 aliphatic rings. The first-order valence-electron chi connectivity index (χ1n) is 12.5. The molecule has 2 saturated heterocycles. The van der Waals surface area contributed by atoms with Crippen molar-refractivity contribution in [3.8, 4) is 0 Å². The van der Waals surface area contributed by atoms with E-state index in [1.54, 1.807) is 19.1 Å². The molecule has 1 aromatic carbocycles. The summed E-state index contributed by atoms with van der Waals surface area (Å²) in [5.41, 5.74) is 0.142. The number of amides is 3. The summed E-state index contributed by atoms with van der Waals surface area (Å²) in [6.45, 7) is 2.48. The van der Waals surface area contributed by atoms with Crippen molar-refractivity contribution >= 4 is 35.1 Å². The number of aromatic nitrogens is 1. The molecule has 0 spiro atoms. The molecule has 38 heavy (non-hydrogen) atoms. The van der Waals surface area contributed by atoms with Crippen LogP contribution in [0.5, 0.6) is 0 Å². The molecule has 1 atom stereocenters. The van der Waals surface area contributed by atoms with E-state index in [9.17, 15) is 19.2 Å². The number of rotatable bonds is 9. The van der Waals surface area contributed by atoms with E-state index in [1.165, 1.54) is 22.2 Å². The van der Waals surface area contributed by atoms with Crippen LogP contribution in [0.15, 0.2) is 36.7 Å². The van der Waals surface area contributed by atoms with Crippen molar-refractivity contribution in [1.29, 1.82) is 0 Å². The number of nitrogens with one attached hydrogen (secondary N) is 1. The maximum atomic E-state index is 15.1. The van der Waals surface area contributed by atoms with E-state index in [4.69, 9.17) is 4.74 Å². The Bertz CT molecular complexity index is 1180. The molecule has 1 N–H and O–H groups in total. The number of carbonyl (C=O) groups excluding carboxylic acids is 4. The van der Waals surface area contributed by atoms with Crippen LogP contribution in [-0.2, 0) is 14.3 Å². The summed E-state index contributed by atoms with van der Waals surface area (Å²) >= 11 is 0. The average Bonchev–Trinajstić information content (AvgIpc) is 3.30. The quantitative estimate of drug-likeness (QED) is 0.531. The summed E-state index contributed by atoms with van der Waals surface area (Å²) in [6.07, 6.45) is 2.72. The summed E-state index contributed by atoms with van der Waals surface area (Å²) in [7, 11) is 0. The lowest BCUT2D eigenvalue weighted by atomic mass is 10.1. The molecule has 202 valence electrons. The lowest BCUT2D eigenvalue weighted by Gasteiger charge is -2.36. The van der Waals surface area contributed by atoms with Gasteiger partial charge in [0.15, 0.2) is 11.6 Å². The van der Waals surface area contributed by atoms with Gasteiger partial charge in [0.05, 0.1) is 24.3 Å². The first-order valence-corrected chi connectivity index (χ1v) is 12.5. The second-order valence-electron chi connectivity index (χ2n) is 9.10. The zero-order valence-electron chi connectivity index (χ0n) is 21.0. The van der Waals surface area contributed by atoms with E-state index in [0.29, 0.717) is 18.4 Å². The molecule has 4 rings (SSSR count). The van der Waals surface area contributed by atoms with Gasteiger partial charge in [-0.15, -0.1) is 0 Å². The molecule has 2 aliphatic heterocycles. The van der Waals surface area contributed by atoms with Crippen LogP contribution >= 0.6 is 0 Å². The van der Waals surface area contributed by atoms with Gasteiger partial charge in [0.2, 0.25) is 5.91 Å². The Morgan fingerprint density at radius 1 is 1.13 bits per heavy atom. The second kappa shape index (κ2) is 12.0. The van der Waals surface area contributed by atoms with Crippen molar-refractivity contribution in [2.24, 2.45) is 0 Å². The van der Waals surface area contributed by atoms with Crippen molar-refractivity contribution in [3.63, 3.8) is 0 Å². The largest absolute Gasteiger partial charge is 0.444 e. The van der Waals surface area contributed by atoms with Crippen molar-refractivity contribution in [3.05, 3.63) is 53.9 Å². The number of halogens is 2. The number of Topliss-reactive ketones (excluding diaryl/α,β-unsaturated/α-hetero) is 1. The Morgan fingerprint density at radius 3 is 2.47 bits per heavy atom. The lowest BCUT2D eigenvalue weighted by Crippen LogP contribution is -2.51. The standard InChI is InChI=1S/C26H29F2N5O5/c1-2-19(34)5-6-20-16-33(26(37)38-20)18-12-21(27)24(22(28)13-18)32-10-8-31(9-11-32)23(35)15-30-25(36)17-4-3-7-29-14-17/h3-4,7,12-14,20H,2,5-6,8-11,15-16H2,1H3,(H,30,36)/t20-/m0/s1. The number of hydrogen-bond donors (Lipinski definition) is 1. The van der Waals surface area contributed by atoms with Gasteiger partial charge in [-0.3, -0.25) is 24.3 Å². The smallest absolute Gasteiger partial charge is 0.414 e. The molecule has 0 unspecified atom stereocenters. The Morgan fingerprint density at radius 2 is 1.84 bits per heavy atom. The number of benzene rings is 1. The van der Waals surface area contributed by atoms with Crippen LogP contribution in [0.3, 0.4) is 0 Å². The number of ether oxygens (including phenoxy) is 1. The fraction of sp³-hybridized carbons (Fsp3) is 0.423. The van der Waals surface area contributed by atoms with Gasteiger partial charge in [-0.1, -0.05) is 6.92 Å². The molecular weight excluding hydrogens is 500 g/mol. The van der Waals surface area contributed by atoms with Crippen LogP contribution in [-0.4, -0.2) is 78.9 Å². The van der Waals surface area contributed by atoms with Gasteiger partial charge in [-0.2, -0.15) is 0 Å². The number of carbonyl (C=O) groups is 4. The van der Waals surface area contributed by atoms with Gasteiger partial charge >= 0.3 is 6.09 Å². The molecule has 3 heterocycles. The van der Waals surface area contributed by atoms with Gasteiger partial charge in [-0.05, 0) is 18.6 Å². The predicted octanol–water partition coefficient (Wildman–Crippen LogP) is 2.52. The van der Waals surface area contributed by atoms with Crippen LogP contribution in [0.2, 0.25) is 0 Å². The van der Waals surface area contributed by atoms with E-state index < -0.39 is 29.7 Å². The molecule has 0 saturated carbocycles. The molecule has 0 bridgehead atoms. The van der Waals surface area contributed by atoms with E-state index >= 15 is 8.78 Å². The SMILES string of the molecule is CCC(=O)CC[C@H]1CN(c2cc(F)c(N3CCN(C(=O)CNC(=O)c4cccnc4)CC3)c(F)c2)C(=O)O1. The number of pyridine rings is 1. The van der Waals surface area contributed by atoms with Gasteiger partial charge in [-0.25, -0.2) is 13.6 Å². The highest BCUT2D eigenvalue weighted by Gasteiger charge is 2.34. The number of hydrogen-bond acceptors (Lipinski definition) is 7. The maximum absolute atomic E-state index is 15.1. The van der Waals surface area contributed by atoms with Gasteiger partial charge in [0.1, 0.15) is 17.6 Å². The number of piperazine rings is 1. The van der Waals surface area contributed by atoms with Crippen molar-refractivity contribution in [2.75, 3.05) is 49.1 Å². The van der Waals surface area contributed by atoms with E-state index in [2.05, 4.69) is 10.3 Å². The highest BCUT2D eigenvalue weighted by Crippen LogP contribution is 2.32. The van der Waals surface area contributed by atoms with Crippen molar-refractivity contribution in [1.82, 2.24) is 15.2 Å². The highest BCUT2D eigenvalue weighted by atomic mass is 19.1. The summed E-state index contributed by atoms with van der Waals surface area (Å²) in [5, 5.41) is 2.55. The van der Waals surface area contributed by atoms with E-state index in [-0.39, 0.29) is 68.8 Å². The number of anilines is 2. The van der Waals surface area contributed by atoms with Crippen LogP contribution in [0.25, 0.3) is 0 Å². The zero-order chi connectivity index (χ0) is 27.2. The monoisotopic (exact) mass is 529 g/mol. The summed E-state index contributed by atoms with van der Waals surface area (Å²) in [5.74, 6) is -2.34. The fourth-order valence-corrected chi connectivity index (χ4v) is 4.44. The van der Waals surface area contributed by atoms with Crippen LogP contribution in [0, 0.1) is 11.6 Å². The number of ketones is 1. The molecular formula is C26H29F2N5O5. The molecule has 10 nitrogen and oxygen atoms in total. The fourth-order valence-electron chi connectivity index (χ4n) is 4.44. The third-order valence-corrected chi connectivity index (χ3v) is 6.60. The lowest BCUT2D eigenvalue weighted by molar-refractivity contribution is -0.130. The van der Waals surface area contributed by atoms with Crippen molar-refractivity contribution in [2.45, 2.75) is 32.3 Å². The van der Waals surface area contributed by atoms with Crippen LogP contribution in [0.4, 0.5) is 25.0 Å². The Kier molecular flexibility index (Phi) is 8.49.